The Kier molecular flexibility index (Phi) is 5.53. The molecule has 1 aromatic carbocycles. The number of carbonyl (C=O) groups excluding carboxylic acids is 2. The molecule has 0 atom stereocenters. The van der Waals surface area contributed by atoms with E-state index in [1.165, 1.54) is 24.3 Å². The number of aryl methyl sites for hydroxylation is 2. The van der Waals surface area contributed by atoms with E-state index in [9.17, 15) is 14.7 Å². The van der Waals surface area contributed by atoms with E-state index >= 15 is 0 Å². The molecule has 0 aliphatic heterocycles. The minimum Gasteiger partial charge on any atom is -0.508 e. The van der Waals surface area contributed by atoms with Gasteiger partial charge in [-0.05, 0) is 63.1 Å². The highest BCUT2D eigenvalue weighted by Gasteiger charge is 2.28. The molecule has 1 aliphatic carbocycles. The van der Waals surface area contributed by atoms with Crippen LogP contribution in [0, 0.1) is 13.8 Å². The van der Waals surface area contributed by atoms with Crippen LogP contribution in [-0.4, -0.2) is 27.6 Å². The van der Waals surface area contributed by atoms with Gasteiger partial charge in [0.05, 0.1) is 5.71 Å². The second-order valence-electron chi connectivity index (χ2n) is 7.37. The van der Waals surface area contributed by atoms with Gasteiger partial charge in [-0.3, -0.25) is 9.59 Å². The summed E-state index contributed by atoms with van der Waals surface area (Å²) in [6.45, 7) is 3.66. The van der Waals surface area contributed by atoms with Crippen LogP contribution in [0.1, 0.15) is 56.3 Å². The van der Waals surface area contributed by atoms with Gasteiger partial charge in [0.15, 0.2) is 5.76 Å². The van der Waals surface area contributed by atoms with Crippen molar-refractivity contribution in [3.05, 3.63) is 76.4 Å². The van der Waals surface area contributed by atoms with Gasteiger partial charge in [-0.2, -0.15) is 5.10 Å². The Labute approximate surface area is 179 Å². The lowest BCUT2D eigenvalue weighted by atomic mass is 9.93. The van der Waals surface area contributed by atoms with Crippen molar-refractivity contribution in [3.63, 3.8) is 0 Å². The Morgan fingerprint density at radius 2 is 1.84 bits per heavy atom. The van der Waals surface area contributed by atoms with Gasteiger partial charge >= 0.3 is 0 Å². The van der Waals surface area contributed by atoms with Gasteiger partial charge in [-0.25, -0.2) is 10.4 Å². The van der Waals surface area contributed by atoms with Crippen LogP contribution in [0.3, 0.4) is 0 Å². The second-order valence-corrected chi connectivity index (χ2v) is 7.37. The van der Waals surface area contributed by atoms with Gasteiger partial charge < -0.3 is 14.8 Å². The summed E-state index contributed by atoms with van der Waals surface area (Å²) in [6, 6.07) is 11.3. The average Bonchev–Trinajstić information content (AvgIpc) is 3.10. The summed E-state index contributed by atoms with van der Waals surface area (Å²) in [4.78, 5) is 29.4. The molecule has 2 heterocycles. The summed E-state index contributed by atoms with van der Waals surface area (Å²) >= 11 is 0. The summed E-state index contributed by atoms with van der Waals surface area (Å²) in [7, 11) is 0. The van der Waals surface area contributed by atoms with Crippen molar-refractivity contribution in [3.8, 4) is 5.75 Å². The molecule has 0 saturated carbocycles. The number of hydrogen-bond donors (Lipinski definition) is 3. The lowest BCUT2D eigenvalue weighted by Crippen LogP contribution is -2.22. The normalized spacial score (nSPS) is 14.2. The van der Waals surface area contributed by atoms with Crippen molar-refractivity contribution in [1.82, 2.24) is 10.4 Å². The number of rotatable bonds is 4. The summed E-state index contributed by atoms with van der Waals surface area (Å²) in [5, 5.41) is 16.4. The number of hydrazone groups is 1. The number of nitrogens with one attached hydrogen (secondary N) is 2. The van der Waals surface area contributed by atoms with Crippen LogP contribution in [0.5, 0.6) is 5.75 Å². The molecule has 158 valence electrons. The molecule has 1 aliphatic rings. The quantitative estimate of drug-likeness (QED) is 0.558. The predicted octanol–water partition coefficient (Wildman–Crippen LogP) is 3.72. The molecule has 3 aromatic rings. The highest BCUT2D eigenvalue weighted by Crippen LogP contribution is 2.30. The molecule has 8 nitrogen and oxygen atoms in total. The van der Waals surface area contributed by atoms with Crippen LogP contribution >= 0.6 is 0 Å². The van der Waals surface area contributed by atoms with Crippen molar-refractivity contribution in [2.24, 2.45) is 5.10 Å². The van der Waals surface area contributed by atoms with Gasteiger partial charge in [0.1, 0.15) is 17.3 Å². The second kappa shape index (κ2) is 8.43. The summed E-state index contributed by atoms with van der Waals surface area (Å²) in [5.41, 5.74) is 5.85. The first-order valence-electron chi connectivity index (χ1n) is 9.96. The molecule has 2 amide bonds. The highest BCUT2D eigenvalue weighted by atomic mass is 16.4. The minimum absolute atomic E-state index is 0.0838. The first-order valence-corrected chi connectivity index (χ1v) is 9.96. The van der Waals surface area contributed by atoms with E-state index in [1.54, 1.807) is 6.07 Å². The summed E-state index contributed by atoms with van der Waals surface area (Å²) in [5.74, 6) is 0.674. The Morgan fingerprint density at radius 1 is 1.06 bits per heavy atom. The lowest BCUT2D eigenvalue weighted by Gasteiger charge is -2.13. The first-order chi connectivity index (χ1) is 14.9. The van der Waals surface area contributed by atoms with Crippen molar-refractivity contribution in [2.75, 3.05) is 5.32 Å². The summed E-state index contributed by atoms with van der Waals surface area (Å²) < 4.78 is 5.87. The number of pyridine rings is 1. The number of benzene rings is 1. The maximum atomic E-state index is 12.8. The van der Waals surface area contributed by atoms with E-state index in [-0.39, 0.29) is 23.3 Å². The lowest BCUT2D eigenvalue weighted by molar-refractivity contribution is 0.0953. The van der Waals surface area contributed by atoms with Crippen LogP contribution in [0.25, 0.3) is 0 Å². The minimum atomic E-state index is -0.385. The molecule has 3 N–H and O–H groups in total. The molecule has 0 saturated heterocycles. The number of anilines is 1. The molecule has 4 rings (SSSR count). The largest absolute Gasteiger partial charge is 0.508 e. The number of furan rings is 1. The Bertz CT molecular complexity index is 1180. The maximum absolute atomic E-state index is 12.8. The molecule has 0 unspecified atom stereocenters. The number of phenols is 1. The van der Waals surface area contributed by atoms with Crippen molar-refractivity contribution >= 4 is 23.3 Å². The Morgan fingerprint density at radius 3 is 2.58 bits per heavy atom. The zero-order valence-corrected chi connectivity index (χ0v) is 17.2. The van der Waals surface area contributed by atoms with Crippen LogP contribution in [-0.2, 0) is 6.42 Å². The number of amides is 2. The number of aromatic hydroxyl groups is 1. The number of aromatic nitrogens is 1. The number of hydrogen-bond acceptors (Lipinski definition) is 6. The number of carbonyl (C=O) groups is 2. The zero-order chi connectivity index (χ0) is 22.0. The molecule has 31 heavy (non-hydrogen) atoms. The summed E-state index contributed by atoms with van der Waals surface area (Å²) in [6.07, 6.45) is 2.15. The van der Waals surface area contributed by atoms with Crippen LogP contribution in [0.2, 0.25) is 0 Å². The van der Waals surface area contributed by atoms with E-state index in [0.29, 0.717) is 41.3 Å². The Hall–Kier alpha value is -3.94. The molecule has 0 fully saturated rings. The predicted molar refractivity (Wildman–Crippen MR) is 115 cm³/mol. The topological polar surface area (TPSA) is 117 Å². The van der Waals surface area contributed by atoms with Crippen LogP contribution in [0.4, 0.5) is 5.82 Å². The fourth-order valence-corrected chi connectivity index (χ4v) is 3.58. The van der Waals surface area contributed by atoms with E-state index in [1.807, 2.05) is 26.0 Å². The van der Waals surface area contributed by atoms with E-state index in [4.69, 9.17) is 4.42 Å². The fourth-order valence-electron chi connectivity index (χ4n) is 3.58. The number of fused-ring (bicyclic) bond motifs is 1. The van der Waals surface area contributed by atoms with Gasteiger partial charge in [-0.1, -0.05) is 6.07 Å². The number of nitrogens with zero attached hydrogens (tertiary/aromatic N) is 2. The SMILES string of the molecule is Cc1cccc(NC(=O)c2oc3c(c2C)/C(=N/NC(=O)c2ccc(O)cc2)CCC3)n1. The van der Waals surface area contributed by atoms with Crippen molar-refractivity contribution < 1.29 is 19.1 Å². The third-order valence-corrected chi connectivity index (χ3v) is 5.08. The molecule has 0 bridgehead atoms. The molecule has 8 heteroatoms. The molecule has 0 spiro atoms. The van der Waals surface area contributed by atoms with Gasteiger partial charge in [0.2, 0.25) is 0 Å². The van der Waals surface area contributed by atoms with Crippen molar-refractivity contribution in [2.45, 2.75) is 33.1 Å². The van der Waals surface area contributed by atoms with Gasteiger partial charge in [0, 0.05) is 28.8 Å². The van der Waals surface area contributed by atoms with Gasteiger partial charge in [0.25, 0.3) is 11.8 Å². The smallest absolute Gasteiger partial charge is 0.292 e. The van der Waals surface area contributed by atoms with E-state index < -0.39 is 0 Å². The molecular weight excluding hydrogens is 396 g/mol. The number of phenolic OH excluding ortho intramolecular Hbond substituents is 1. The van der Waals surface area contributed by atoms with Crippen LogP contribution < -0.4 is 10.7 Å². The fraction of sp³-hybridized carbons (Fsp3) is 0.217. The standard InChI is InChI=1S/C23H22N4O4/c1-13-5-3-8-19(24-13)25-23(30)21-14(2)20-17(6-4-7-18(20)31-21)26-27-22(29)15-9-11-16(28)12-10-15/h3,5,8-12,28H,4,6-7H2,1-2H3,(H,27,29)(H,24,25,30)/b26-17+. The Balaban J connectivity index is 1.56. The van der Waals surface area contributed by atoms with E-state index in [2.05, 4.69) is 20.8 Å². The van der Waals surface area contributed by atoms with Crippen molar-refractivity contribution in [1.29, 1.82) is 0 Å². The molecular formula is C23H22N4O4. The molecule has 0 radical (unpaired) electrons. The zero-order valence-electron chi connectivity index (χ0n) is 17.2. The highest BCUT2D eigenvalue weighted by molar-refractivity contribution is 6.09. The van der Waals surface area contributed by atoms with Gasteiger partial charge in [-0.15, -0.1) is 0 Å². The van der Waals surface area contributed by atoms with E-state index in [0.717, 1.165) is 17.7 Å². The van der Waals surface area contributed by atoms with Crippen LogP contribution in [0.15, 0.2) is 52.0 Å². The average molecular weight is 418 g/mol. The third-order valence-electron chi connectivity index (χ3n) is 5.08. The maximum Gasteiger partial charge on any atom is 0.292 e. The monoisotopic (exact) mass is 418 g/mol. The third kappa shape index (κ3) is 4.32. The first kappa shape index (κ1) is 20.3. The molecule has 2 aromatic heterocycles.